The second-order valence-corrected chi connectivity index (χ2v) is 6.56. The molecule has 2 heterocycles. The van der Waals surface area contributed by atoms with Crippen LogP contribution in [0.1, 0.15) is 29.6 Å². The minimum atomic E-state index is 0.260. The average molecular weight is 325 g/mol. The van der Waals surface area contributed by atoms with Crippen LogP contribution in [-0.2, 0) is 0 Å². The first-order chi connectivity index (χ1) is 12.4. The van der Waals surface area contributed by atoms with Crippen LogP contribution in [0.5, 0.6) is 0 Å². The molecule has 5 rings (SSSR count). The fourth-order valence-corrected chi connectivity index (χ4v) is 3.87. The first-order valence-electron chi connectivity index (χ1n) is 8.73. The number of aromatic nitrogens is 2. The van der Waals surface area contributed by atoms with E-state index in [1.54, 1.807) is 0 Å². The zero-order valence-corrected chi connectivity index (χ0v) is 13.8. The first kappa shape index (κ1) is 14.3. The largest absolute Gasteiger partial charge is 0.349 e. The zero-order valence-electron chi connectivity index (χ0n) is 13.8. The molecule has 3 heteroatoms. The maximum absolute atomic E-state index is 4.86. The molecule has 122 valence electrons. The highest BCUT2D eigenvalue weighted by atomic mass is 15.3. The molecule has 0 unspecified atom stereocenters. The molecule has 1 aliphatic rings. The van der Waals surface area contributed by atoms with Crippen LogP contribution in [0.2, 0.25) is 0 Å². The van der Waals surface area contributed by atoms with E-state index < -0.39 is 0 Å². The highest BCUT2D eigenvalue weighted by Crippen LogP contribution is 2.40. The number of para-hydroxylation sites is 2. The van der Waals surface area contributed by atoms with E-state index in [0.29, 0.717) is 0 Å². The lowest BCUT2D eigenvalue weighted by Gasteiger charge is -2.33. The average Bonchev–Trinajstić information content (AvgIpc) is 3.07. The van der Waals surface area contributed by atoms with E-state index in [1.165, 1.54) is 16.6 Å². The van der Waals surface area contributed by atoms with Crippen molar-refractivity contribution in [1.29, 1.82) is 0 Å². The van der Waals surface area contributed by atoms with Gasteiger partial charge >= 0.3 is 0 Å². The first-order valence-corrected chi connectivity index (χ1v) is 8.73. The fourth-order valence-electron chi connectivity index (χ4n) is 3.87. The molecule has 0 saturated carbocycles. The summed E-state index contributed by atoms with van der Waals surface area (Å²) in [4.78, 5) is 4.86. The van der Waals surface area contributed by atoms with Crippen molar-refractivity contribution < 1.29 is 0 Å². The topological polar surface area (TPSA) is 29.9 Å². The lowest BCUT2D eigenvalue weighted by Crippen LogP contribution is -2.27. The van der Waals surface area contributed by atoms with Gasteiger partial charge in [0.15, 0.2) is 0 Å². The van der Waals surface area contributed by atoms with Gasteiger partial charge in [-0.15, -0.1) is 0 Å². The molecule has 3 aromatic carbocycles. The number of fused-ring (bicyclic) bond motifs is 3. The van der Waals surface area contributed by atoms with Crippen molar-refractivity contribution in [1.82, 2.24) is 9.55 Å². The van der Waals surface area contributed by atoms with Crippen molar-refractivity contribution in [3.63, 3.8) is 0 Å². The predicted octanol–water partition coefficient (Wildman–Crippen LogP) is 5.18. The number of hydrogen-bond donors (Lipinski definition) is 1. The van der Waals surface area contributed by atoms with Crippen LogP contribution in [0.4, 0.5) is 5.95 Å². The third kappa shape index (κ3) is 2.40. The molecule has 3 nitrogen and oxygen atoms in total. The van der Waals surface area contributed by atoms with Gasteiger partial charge in [0.1, 0.15) is 0 Å². The Morgan fingerprint density at radius 3 is 2.16 bits per heavy atom. The van der Waals surface area contributed by atoms with E-state index in [0.717, 1.165) is 17.9 Å². The second-order valence-electron chi connectivity index (χ2n) is 6.56. The van der Waals surface area contributed by atoms with Gasteiger partial charge < -0.3 is 9.88 Å². The summed E-state index contributed by atoms with van der Waals surface area (Å²) in [6, 6.07) is 30.3. The zero-order chi connectivity index (χ0) is 16.6. The highest BCUT2D eigenvalue weighted by molar-refractivity contribution is 5.79. The molecule has 25 heavy (non-hydrogen) atoms. The standard InChI is InChI=1S/C22H19N3/c1-3-9-16(10-4-1)19-15-21(17-11-5-2-6-12-17)25-20-14-8-7-13-18(20)23-22(25)24-19/h1-14,19,21H,15H2,(H,23,24)/t19-,21+/m0/s1. The van der Waals surface area contributed by atoms with E-state index >= 15 is 0 Å². The predicted molar refractivity (Wildman–Crippen MR) is 102 cm³/mol. The summed E-state index contributed by atoms with van der Waals surface area (Å²) in [5.41, 5.74) is 4.86. The van der Waals surface area contributed by atoms with Gasteiger partial charge in [0.2, 0.25) is 5.95 Å². The summed E-state index contributed by atoms with van der Waals surface area (Å²) in [6.07, 6.45) is 1.00. The van der Waals surface area contributed by atoms with Gasteiger partial charge in [-0.25, -0.2) is 4.98 Å². The van der Waals surface area contributed by atoms with E-state index in [-0.39, 0.29) is 12.1 Å². The van der Waals surface area contributed by atoms with Crippen LogP contribution in [0, 0.1) is 0 Å². The van der Waals surface area contributed by atoms with Crippen LogP contribution < -0.4 is 5.32 Å². The monoisotopic (exact) mass is 325 g/mol. The van der Waals surface area contributed by atoms with Gasteiger partial charge in [-0.3, -0.25) is 0 Å². The number of rotatable bonds is 2. The molecule has 0 amide bonds. The summed E-state index contributed by atoms with van der Waals surface area (Å²) < 4.78 is 2.35. The van der Waals surface area contributed by atoms with E-state index in [4.69, 9.17) is 4.98 Å². The van der Waals surface area contributed by atoms with Gasteiger partial charge in [0.05, 0.1) is 23.1 Å². The maximum Gasteiger partial charge on any atom is 0.204 e. The SMILES string of the molecule is c1ccc([C@@H]2C[C@H](c3ccccc3)n3c(nc4ccccc43)N2)cc1. The second kappa shape index (κ2) is 5.78. The normalized spacial score (nSPS) is 19.4. The summed E-state index contributed by atoms with van der Waals surface area (Å²) in [5, 5.41) is 3.65. The number of hydrogen-bond acceptors (Lipinski definition) is 2. The van der Waals surface area contributed by atoms with E-state index in [9.17, 15) is 0 Å². The van der Waals surface area contributed by atoms with Gasteiger partial charge in [0.25, 0.3) is 0 Å². The maximum atomic E-state index is 4.86. The van der Waals surface area contributed by atoms with E-state index in [1.807, 2.05) is 6.07 Å². The molecule has 0 spiro atoms. The Kier molecular flexibility index (Phi) is 3.30. The molecule has 0 saturated heterocycles. The summed E-state index contributed by atoms with van der Waals surface area (Å²) in [7, 11) is 0. The minimum Gasteiger partial charge on any atom is -0.349 e. The molecule has 0 fully saturated rings. The van der Waals surface area contributed by atoms with Gasteiger partial charge in [0, 0.05) is 0 Å². The summed E-state index contributed by atoms with van der Waals surface area (Å²) >= 11 is 0. The molecule has 1 aromatic heterocycles. The van der Waals surface area contributed by atoms with Crippen molar-refractivity contribution in [3.8, 4) is 0 Å². The molecular weight excluding hydrogens is 306 g/mol. The fraction of sp³-hybridized carbons (Fsp3) is 0.136. The Balaban J connectivity index is 1.68. The number of imidazole rings is 1. The number of benzene rings is 3. The van der Waals surface area contributed by atoms with Crippen LogP contribution in [0.25, 0.3) is 11.0 Å². The molecule has 0 aliphatic carbocycles. The molecule has 1 N–H and O–H groups in total. The molecule has 0 bridgehead atoms. The van der Waals surface area contributed by atoms with Crippen molar-refractivity contribution in [3.05, 3.63) is 96.1 Å². The Bertz CT molecular complexity index is 1010. The summed E-state index contributed by atoms with van der Waals surface area (Å²) in [6.45, 7) is 0. The minimum absolute atomic E-state index is 0.260. The number of nitrogens with zero attached hydrogens (tertiary/aromatic N) is 2. The van der Waals surface area contributed by atoms with Crippen molar-refractivity contribution in [2.45, 2.75) is 18.5 Å². The Labute approximate surface area is 147 Å². The smallest absolute Gasteiger partial charge is 0.204 e. The van der Waals surface area contributed by atoms with Gasteiger partial charge in [-0.05, 0) is 29.7 Å². The van der Waals surface area contributed by atoms with Crippen molar-refractivity contribution in [2.24, 2.45) is 0 Å². The van der Waals surface area contributed by atoms with Crippen LogP contribution in [0.15, 0.2) is 84.9 Å². The van der Waals surface area contributed by atoms with Gasteiger partial charge in [-0.1, -0.05) is 72.8 Å². The number of anilines is 1. The van der Waals surface area contributed by atoms with Crippen LogP contribution in [0.3, 0.4) is 0 Å². The quantitative estimate of drug-likeness (QED) is 0.550. The Morgan fingerprint density at radius 1 is 0.760 bits per heavy atom. The lowest BCUT2D eigenvalue weighted by molar-refractivity contribution is 0.477. The Hall–Kier alpha value is -3.07. The van der Waals surface area contributed by atoms with E-state index in [2.05, 4.69) is 88.7 Å². The number of nitrogens with one attached hydrogen (secondary N) is 1. The molecule has 2 atom stereocenters. The third-order valence-electron chi connectivity index (χ3n) is 5.06. The highest BCUT2D eigenvalue weighted by Gasteiger charge is 2.30. The van der Waals surface area contributed by atoms with Gasteiger partial charge in [-0.2, -0.15) is 0 Å². The molecule has 4 aromatic rings. The van der Waals surface area contributed by atoms with Crippen LogP contribution >= 0.6 is 0 Å². The summed E-state index contributed by atoms with van der Waals surface area (Å²) in [5.74, 6) is 0.954. The third-order valence-corrected chi connectivity index (χ3v) is 5.06. The molecular formula is C22H19N3. The van der Waals surface area contributed by atoms with Crippen molar-refractivity contribution >= 4 is 17.0 Å². The molecule has 1 aliphatic heterocycles. The van der Waals surface area contributed by atoms with Crippen molar-refractivity contribution in [2.75, 3.05) is 5.32 Å². The Morgan fingerprint density at radius 2 is 1.40 bits per heavy atom. The lowest BCUT2D eigenvalue weighted by atomic mass is 9.93. The molecule has 0 radical (unpaired) electrons. The van der Waals surface area contributed by atoms with Crippen LogP contribution in [-0.4, -0.2) is 9.55 Å².